The van der Waals surface area contributed by atoms with Crippen LogP contribution in [-0.2, 0) is 4.79 Å². The maximum absolute atomic E-state index is 12.4. The highest BCUT2D eigenvalue weighted by Gasteiger charge is 2.23. The molecule has 7 nitrogen and oxygen atoms in total. The first-order chi connectivity index (χ1) is 11.6. The monoisotopic (exact) mass is 332 g/mol. The van der Waals surface area contributed by atoms with E-state index in [0.29, 0.717) is 18.2 Å². The minimum Gasteiger partial charge on any atom is -0.353 e. The number of carbonyl (C=O) groups is 1. The number of carbonyl (C=O) groups excluding carboxylic acids is 1. The second-order valence-electron chi connectivity index (χ2n) is 6.87. The number of anilines is 2. The Balaban J connectivity index is 1.48. The Morgan fingerprint density at radius 2 is 2.12 bits per heavy atom. The predicted molar refractivity (Wildman–Crippen MR) is 95.4 cm³/mol. The van der Waals surface area contributed by atoms with Crippen LogP contribution in [0.3, 0.4) is 0 Å². The van der Waals surface area contributed by atoms with E-state index in [-0.39, 0.29) is 0 Å². The lowest BCUT2D eigenvalue weighted by Gasteiger charge is -2.35. The summed E-state index contributed by atoms with van der Waals surface area (Å²) < 4.78 is 0. The zero-order valence-corrected chi connectivity index (χ0v) is 14.7. The SMILES string of the molecule is CN(C)c1nccc(N2CCN(C(=O)CCC3CCNC3)CC2)n1. The van der Waals surface area contributed by atoms with Crippen LogP contribution in [0.5, 0.6) is 0 Å². The minimum absolute atomic E-state index is 0.304. The summed E-state index contributed by atoms with van der Waals surface area (Å²) in [4.78, 5) is 27.4. The average Bonchev–Trinajstić information content (AvgIpc) is 3.13. The lowest BCUT2D eigenvalue weighted by molar-refractivity contribution is -0.131. The second kappa shape index (κ2) is 7.79. The molecule has 24 heavy (non-hydrogen) atoms. The molecule has 7 heteroatoms. The first-order valence-corrected chi connectivity index (χ1v) is 8.87. The highest BCUT2D eigenvalue weighted by Crippen LogP contribution is 2.18. The van der Waals surface area contributed by atoms with E-state index in [2.05, 4.69) is 20.2 Å². The van der Waals surface area contributed by atoms with Gasteiger partial charge in [-0.1, -0.05) is 0 Å². The van der Waals surface area contributed by atoms with Crippen molar-refractivity contribution in [3.05, 3.63) is 12.3 Å². The van der Waals surface area contributed by atoms with Crippen molar-refractivity contribution in [1.29, 1.82) is 0 Å². The number of nitrogens with one attached hydrogen (secondary N) is 1. The van der Waals surface area contributed by atoms with E-state index in [1.54, 1.807) is 6.20 Å². The molecule has 1 atom stereocenters. The van der Waals surface area contributed by atoms with Gasteiger partial charge in [0.2, 0.25) is 11.9 Å². The predicted octanol–water partition coefficient (Wildman–Crippen LogP) is 0.581. The average molecular weight is 332 g/mol. The third-order valence-corrected chi connectivity index (χ3v) is 4.91. The molecule has 1 unspecified atom stereocenters. The molecule has 0 spiro atoms. The zero-order valence-electron chi connectivity index (χ0n) is 14.7. The van der Waals surface area contributed by atoms with E-state index in [0.717, 1.165) is 57.5 Å². The van der Waals surface area contributed by atoms with Crippen molar-refractivity contribution in [3.8, 4) is 0 Å². The van der Waals surface area contributed by atoms with E-state index < -0.39 is 0 Å². The highest BCUT2D eigenvalue weighted by atomic mass is 16.2. The molecule has 1 N–H and O–H groups in total. The van der Waals surface area contributed by atoms with Gasteiger partial charge in [0, 0.05) is 52.9 Å². The largest absolute Gasteiger partial charge is 0.353 e. The summed E-state index contributed by atoms with van der Waals surface area (Å²) in [5.74, 6) is 2.65. The Morgan fingerprint density at radius 1 is 1.33 bits per heavy atom. The van der Waals surface area contributed by atoms with Gasteiger partial charge in [-0.25, -0.2) is 4.98 Å². The number of aromatic nitrogens is 2. The molecule has 1 aromatic heterocycles. The van der Waals surface area contributed by atoms with Crippen molar-refractivity contribution in [1.82, 2.24) is 20.2 Å². The summed E-state index contributed by atoms with van der Waals surface area (Å²) in [5.41, 5.74) is 0. The Kier molecular flexibility index (Phi) is 5.50. The van der Waals surface area contributed by atoms with Crippen LogP contribution in [0.25, 0.3) is 0 Å². The first kappa shape index (κ1) is 17.0. The number of rotatable bonds is 5. The molecule has 0 bridgehead atoms. The van der Waals surface area contributed by atoms with Crippen molar-refractivity contribution in [2.24, 2.45) is 5.92 Å². The maximum Gasteiger partial charge on any atom is 0.226 e. The highest BCUT2D eigenvalue weighted by molar-refractivity contribution is 5.76. The van der Waals surface area contributed by atoms with E-state index in [4.69, 9.17) is 0 Å². The fourth-order valence-electron chi connectivity index (χ4n) is 3.36. The van der Waals surface area contributed by atoms with Crippen LogP contribution in [0.2, 0.25) is 0 Å². The van der Waals surface area contributed by atoms with Gasteiger partial charge >= 0.3 is 0 Å². The fraction of sp³-hybridized carbons (Fsp3) is 0.706. The van der Waals surface area contributed by atoms with Crippen molar-refractivity contribution in [3.63, 3.8) is 0 Å². The standard InChI is InChI=1S/C17H28N6O/c1-21(2)17-19-8-6-15(20-17)22-9-11-23(12-10-22)16(24)4-3-14-5-7-18-13-14/h6,8,14,18H,3-5,7,9-13H2,1-2H3. The number of amides is 1. The van der Waals surface area contributed by atoms with Crippen LogP contribution in [0.15, 0.2) is 12.3 Å². The zero-order chi connectivity index (χ0) is 16.9. The molecule has 1 amide bonds. The molecule has 2 aliphatic rings. The number of nitrogens with zero attached hydrogens (tertiary/aromatic N) is 5. The van der Waals surface area contributed by atoms with Gasteiger partial charge in [-0.05, 0) is 37.9 Å². The molecule has 0 aliphatic carbocycles. The van der Waals surface area contributed by atoms with E-state index in [9.17, 15) is 4.79 Å². The Morgan fingerprint density at radius 3 is 2.79 bits per heavy atom. The molecule has 0 saturated carbocycles. The molecule has 3 rings (SSSR count). The Bertz CT molecular complexity index is 550. The number of hydrogen-bond acceptors (Lipinski definition) is 6. The van der Waals surface area contributed by atoms with Crippen LogP contribution in [0.4, 0.5) is 11.8 Å². The summed E-state index contributed by atoms with van der Waals surface area (Å²) in [6, 6.07) is 1.94. The molecule has 132 valence electrons. The van der Waals surface area contributed by atoms with Crippen LogP contribution in [-0.4, -0.2) is 74.1 Å². The van der Waals surface area contributed by atoms with E-state index >= 15 is 0 Å². The number of hydrogen-bond donors (Lipinski definition) is 1. The molecular weight excluding hydrogens is 304 g/mol. The summed E-state index contributed by atoms with van der Waals surface area (Å²) >= 11 is 0. The van der Waals surface area contributed by atoms with Gasteiger partial charge in [0.05, 0.1) is 0 Å². The van der Waals surface area contributed by atoms with E-state index in [1.165, 1.54) is 6.42 Å². The molecule has 1 aromatic rings. The van der Waals surface area contributed by atoms with Gasteiger partial charge in [0.25, 0.3) is 0 Å². The molecule has 2 aliphatic heterocycles. The number of piperazine rings is 1. The Labute approximate surface area is 144 Å². The quantitative estimate of drug-likeness (QED) is 0.851. The van der Waals surface area contributed by atoms with Crippen LogP contribution in [0, 0.1) is 5.92 Å². The molecule has 3 heterocycles. The van der Waals surface area contributed by atoms with Gasteiger partial charge in [-0.3, -0.25) is 4.79 Å². The lowest BCUT2D eigenvalue weighted by Crippen LogP contribution is -2.49. The smallest absolute Gasteiger partial charge is 0.226 e. The van der Waals surface area contributed by atoms with E-state index in [1.807, 2.05) is 30.0 Å². The summed E-state index contributed by atoms with van der Waals surface area (Å²) in [7, 11) is 3.88. The molecule has 0 radical (unpaired) electrons. The van der Waals surface area contributed by atoms with Gasteiger partial charge < -0.3 is 20.0 Å². The third kappa shape index (κ3) is 4.14. The van der Waals surface area contributed by atoms with Crippen molar-refractivity contribution >= 4 is 17.7 Å². The summed E-state index contributed by atoms with van der Waals surface area (Å²) in [6.07, 6.45) is 4.71. The van der Waals surface area contributed by atoms with Gasteiger partial charge in [-0.2, -0.15) is 4.98 Å². The topological polar surface area (TPSA) is 64.6 Å². The Hall–Kier alpha value is -1.89. The normalized spacial score (nSPS) is 21.2. The molecule has 2 saturated heterocycles. The van der Waals surface area contributed by atoms with Crippen LogP contribution in [0.1, 0.15) is 19.3 Å². The molecular formula is C17H28N6O. The molecule has 2 fully saturated rings. The minimum atomic E-state index is 0.304. The van der Waals surface area contributed by atoms with Crippen molar-refractivity contribution in [2.45, 2.75) is 19.3 Å². The van der Waals surface area contributed by atoms with Crippen molar-refractivity contribution in [2.75, 3.05) is 63.2 Å². The van der Waals surface area contributed by atoms with Gasteiger partial charge in [0.1, 0.15) is 5.82 Å². The fourth-order valence-corrected chi connectivity index (χ4v) is 3.36. The van der Waals surface area contributed by atoms with Crippen LogP contribution < -0.4 is 15.1 Å². The summed E-state index contributed by atoms with van der Waals surface area (Å²) in [6.45, 7) is 5.40. The van der Waals surface area contributed by atoms with Gasteiger partial charge in [-0.15, -0.1) is 0 Å². The second-order valence-corrected chi connectivity index (χ2v) is 6.87. The van der Waals surface area contributed by atoms with Crippen LogP contribution >= 0.6 is 0 Å². The van der Waals surface area contributed by atoms with Crippen molar-refractivity contribution < 1.29 is 4.79 Å². The maximum atomic E-state index is 12.4. The third-order valence-electron chi connectivity index (χ3n) is 4.91. The lowest BCUT2D eigenvalue weighted by atomic mass is 10.0. The summed E-state index contributed by atoms with van der Waals surface area (Å²) in [5, 5.41) is 3.36. The molecule has 0 aromatic carbocycles. The van der Waals surface area contributed by atoms with Gasteiger partial charge in [0.15, 0.2) is 0 Å². The first-order valence-electron chi connectivity index (χ1n) is 8.87.